The zero-order valence-corrected chi connectivity index (χ0v) is 9.52. The predicted octanol–water partition coefficient (Wildman–Crippen LogP) is 1.31. The molecule has 4 rings (SSSR count). The minimum Gasteiger partial charge on any atom is -0.540 e. The van der Waals surface area contributed by atoms with E-state index in [0.717, 1.165) is 31.7 Å². The molecule has 0 unspecified atom stereocenters. The van der Waals surface area contributed by atoms with Gasteiger partial charge in [-0.25, -0.2) is 0 Å². The summed E-state index contributed by atoms with van der Waals surface area (Å²) in [6.45, 7) is 2.74. The Hall–Kier alpha value is -0.835. The van der Waals surface area contributed by atoms with Gasteiger partial charge in [-0.3, -0.25) is 0 Å². The van der Waals surface area contributed by atoms with Crippen LogP contribution in [0.5, 0.6) is 0 Å². The van der Waals surface area contributed by atoms with Gasteiger partial charge in [-0.15, -0.1) is 5.46 Å². The second-order valence-electron chi connectivity index (χ2n) is 4.84. The van der Waals surface area contributed by atoms with Crippen molar-refractivity contribution in [1.82, 2.24) is 0 Å². The molecule has 0 spiro atoms. The van der Waals surface area contributed by atoms with Gasteiger partial charge in [-0.05, 0) is 6.42 Å². The number of hydrogen-bond donors (Lipinski definition) is 0. The van der Waals surface area contributed by atoms with Crippen LogP contribution in [-0.4, -0.2) is 26.6 Å². The lowest BCUT2D eigenvalue weighted by Gasteiger charge is -2.59. The third-order valence-electron chi connectivity index (χ3n) is 3.78. The molecule has 0 N–H and O–H groups in total. The van der Waals surface area contributed by atoms with Gasteiger partial charge in [0.2, 0.25) is 0 Å². The number of rotatable bonds is 2. The van der Waals surface area contributed by atoms with Crippen molar-refractivity contribution in [3.63, 3.8) is 0 Å². The Labute approximate surface area is 95.7 Å². The van der Waals surface area contributed by atoms with Crippen LogP contribution in [0.2, 0.25) is 0 Å². The highest BCUT2D eigenvalue weighted by atomic mass is 16.8. The van der Waals surface area contributed by atoms with Crippen LogP contribution in [0, 0.1) is 5.41 Å². The van der Waals surface area contributed by atoms with Crippen LogP contribution in [0.15, 0.2) is 30.3 Å². The van der Waals surface area contributed by atoms with Gasteiger partial charge in [-0.1, -0.05) is 37.3 Å². The van der Waals surface area contributed by atoms with Crippen molar-refractivity contribution in [2.45, 2.75) is 13.3 Å². The normalized spacial score (nSPS) is 37.6. The van der Waals surface area contributed by atoms with Gasteiger partial charge in [0.1, 0.15) is 0 Å². The molecule has 3 saturated heterocycles. The van der Waals surface area contributed by atoms with E-state index in [-0.39, 0.29) is 5.41 Å². The average Bonchev–Trinajstić information content (AvgIpc) is 2.42. The van der Waals surface area contributed by atoms with Crippen molar-refractivity contribution in [3.05, 3.63) is 30.3 Å². The molecule has 86 valence electrons. The summed E-state index contributed by atoms with van der Waals surface area (Å²) in [5.74, 6) is 0. The Morgan fingerprint density at radius 1 is 1.06 bits per heavy atom. The molecule has 0 aliphatic carbocycles. The molecule has 1 aromatic rings. The van der Waals surface area contributed by atoms with Gasteiger partial charge in [0.05, 0.1) is 0 Å². The van der Waals surface area contributed by atoms with Crippen molar-refractivity contribution in [1.29, 1.82) is 0 Å². The molecule has 3 nitrogen and oxygen atoms in total. The van der Waals surface area contributed by atoms with Crippen molar-refractivity contribution in [2.75, 3.05) is 19.8 Å². The minimum atomic E-state index is -1.66. The van der Waals surface area contributed by atoms with Crippen molar-refractivity contribution >= 4 is 12.2 Å². The fourth-order valence-corrected chi connectivity index (χ4v) is 2.41. The maximum Gasteiger partial charge on any atom is 0.409 e. The summed E-state index contributed by atoms with van der Waals surface area (Å²) >= 11 is 0. The smallest absolute Gasteiger partial charge is 0.409 e. The Morgan fingerprint density at radius 2 is 1.62 bits per heavy atom. The Morgan fingerprint density at radius 3 is 2.12 bits per heavy atom. The zero-order valence-electron chi connectivity index (χ0n) is 9.52. The van der Waals surface area contributed by atoms with Crippen LogP contribution in [0.4, 0.5) is 0 Å². The second-order valence-corrected chi connectivity index (χ2v) is 4.84. The van der Waals surface area contributed by atoms with Gasteiger partial charge in [-0.2, -0.15) is 0 Å². The molecule has 0 radical (unpaired) electrons. The molecule has 3 heterocycles. The van der Waals surface area contributed by atoms with Crippen molar-refractivity contribution in [2.24, 2.45) is 5.41 Å². The number of fused-ring (bicyclic) bond motifs is 3. The molecule has 0 amide bonds. The van der Waals surface area contributed by atoms with E-state index in [1.54, 1.807) is 0 Å². The van der Waals surface area contributed by atoms with Crippen molar-refractivity contribution < 1.29 is 14.0 Å². The molecule has 1 aromatic carbocycles. The van der Waals surface area contributed by atoms with Crippen LogP contribution in [-0.2, 0) is 14.0 Å². The van der Waals surface area contributed by atoms with E-state index in [0.29, 0.717) is 0 Å². The van der Waals surface area contributed by atoms with E-state index in [2.05, 4.69) is 6.92 Å². The lowest BCUT2D eigenvalue weighted by atomic mass is 9.64. The van der Waals surface area contributed by atoms with Crippen LogP contribution in [0.3, 0.4) is 0 Å². The molecular weight excluding hydrogens is 203 g/mol. The summed E-state index contributed by atoms with van der Waals surface area (Å²) in [6, 6.07) is 9.96. The van der Waals surface area contributed by atoms with E-state index in [9.17, 15) is 0 Å². The molecule has 0 atom stereocenters. The first kappa shape index (κ1) is 10.3. The second kappa shape index (κ2) is 3.59. The highest BCUT2D eigenvalue weighted by molar-refractivity contribution is 6.75. The van der Waals surface area contributed by atoms with E-state index < -0.39 is 6.75 Å². The van der Waals surface area contributed by atoms with Gasteiger partial charge in [0.25, 0.3) is 0 Å². The Kier molecular flexibility index (Phi) is 2.31. The molecule has 3 aliphatic rings. The third kappa shape index (κ3) is 1.41. The Balaban J connectivity index is 1.89. The predicted molar refractivity (Wildman–Crippen MR) is 62.4 cm³/mol. The van der Waals surface area contributed by atoms with Gasteiger partial charge < -0.3 is 14.0 Å². The fourth-order valence-electron chi connectivity index (χ4n) is 2.41. The summed E-state index contributed by atoms with van der Waals surface area (Å²) in [6.07, 6.45) is 1.04. The molecule has 0 saturated carbocycles. The highest BCUT2D eigenvalue weighted by Crippen LogP contribution is 2.37. The SMILES string of the molecule is CCC12CO[B-](c3ccccc3)(OC1)OC2. The van der Waals surface area contributed by atoms with Crippen LogP contribution < -0.4 is 5.46 Å². The topological polar surface area (TPSA) is 27.7 Å². The zero-order chi connectivity index (χ0) is 11.1. The maximum absolute atomic E-state index is 5.86. The molecule has 3 aliphatic heterocycles. The van der Waals surface area contributed by atoms with E-state index in [4.69, 9.17) is 14.0 Å². The highest BCUT2D eigenvalue weighted by Gasteiger charge is 2.47. The average molecular weight is 219 g/mol. The summed E-state index contributed by atoms with van der Waals surface area (Å²) in [5.41, 5.74) is 1.09. The van der Waals surface area contributed by atoms with E-state index in [1.807, 2.05) is 30.3 Å². The van der Waals surface area contributed by atoms with Crippen LogP contribution in [0.1, 0.15) is 13.3 Å². The number of hydrogen-bond acceptors (Lipinski definition) is 3. The first-order valence-electron chi connectivity index (χ1n) is 5.89. The quantitative estimate of drug-likeness (QED) is 0.702. The molecular formula is C12H16BO3-. The first-order valence-corrected chi connectivity index (χ1v) is 5.89. The molecule has 0 aromatic heterocycles. The van der Waals surface area contributed by atoms with Gasteiger partial charge in [0.15, 0.2) is 0 Å². The third-order valence-corrected chi connectivity index (χ3v) is 3.78. The van der Waals surface area contributed by atoms with Crippen molar-refractivity contribution in [3.8, 4) is 0 Å². The van der Waals surface area contributed by atoms with Gasteiger partial charge in [0, 0.05) is 25.2 Å². The Bertz CT molecular complexity index is 355. The standard InChI is InChI=1S/C12H16BO3/c1-2-12-8-14-13(15-9-12,16-10-12)11-6-4-3-5-7-11/h3-7H,2,8-10H2,1H3/q-1. The summed E-state index contributed by atoms with van der Waals surface area (Å²) in [5, 5.41) is 0. The maximum atomic E-state index is 5.86. The fraction of sp³-hybridized carbons (Fsp3) is 0.500. The van der Waals surface area contributed by atoms with E-state index in [1.165, 1.54) is 0 Å². The van der Waals surface area contributed by atoms with Crippen LogP contribution in [0.25, 0.3) is 0 Å². The molecule has 2 bridgehead atoms. The monoisotopic (exact) mass is 219 g/mol. The molecule has 3 fully saturated rings. The van der Waals surface area contributed by atoms with E-state index >= 15 is 0 Å². The molecule has 4 heteroatoms. The number of benzene rings is 1. The summed E-state index contributed by atoms with van der Waals surface area (Å²) in [7, 11) is 0. The van der Waals surface area contributed by atoms with Gasteiger partial charge >= 0.3 is 6.75 Å². The lowest BCUT2D eigenvalue weighted by molar-refractivity contribution is -0.129. The summed E-state index contributed by atoms with van der Waals surface area (Å²) in [4.78, 5) is 0. The van der Waals surface area contributed by atoms with Crippen LogP contribution >= 0.6 is 0 Å². The first-order chi connectivity index (χ1) is 7.79. The minimum absolute atomic E-state index is 0.0816. The molecule has 16 heavy (non-hydrogen) atoms. The largest absolute Gasteiger partial charge is 0.540 e. The lowest BCUT2D eigenvalue weighted by Crippen LogP contribution is -2.69. The summed E-state index contributed by atoms with van der Waals surface area (Å²) < 4.78 is 17.6.